The fourth-order valence-corrected chi connectivity index (χ4v) is 14.8. The van der Waals surface area contributed by atoms with Crippen LogP contribution in [0, 0.1) is 22.5 Å². The van der Waals surface area contributed by atoms with Gasteiger partial charge < -0.3 is 42.3 Å². The lowest BCUT2D eigenvalue weighted by atomic mass is 9.91. The van der Waals surface area contributed by atoms with Crippen LogP contribution in [0.1, 0.15) is 115 Å². The van der Waals surface area contributed by atoms with Gasteiger partial charge in [-0.05, 0) is 151 Å². The zero-order valence-electron chi connectivity index (χ0n) is 58.6. The maximum Gasteiger partial charge on any atom is 0.432 e. The normalized spacial score (nSPS) is 14.6. The molecule has 1 aromatic heterocycles. The van der Waals surface area contributed by atoms with Gasteiger partial charge in [0, 0.05) is 41.2 Å². The number of hydrogen-bond donors (Lipinski definition) is 0. The Balaban J connectivity index is 0.000000226. The summed E-state index contributed by atoms with van der Waals surface area (Å²) in [5.74, 6) is -5.58. The number of rotatable bonds is 25. The first-order valence-electron chi connectivity index (χ1n) is 32.8. The summed E-state index contributed by atoms with van der Waals surface area (Å²) < 4.78 is 252. The van der Waals surface area contributed by atoms with Crippen molar-refractivity contribution in [2.24, 2.45) is 10.8 Å². The summed E-state index contributed by atoms with van der Waals surface area (Å²) in [4.78, 5) is 63.0. The number of benzene rings is 7. The number of thiophene rings is 1. The third-order valence-electron chi connectivity index (χ3n) is 16.2. The Morgan fingerprint density at radius 3 is 1.31 bits per heavy atom. The third kappa shape index (κ3) is 24.1. The molecule has 9 rings (SSSR count). The predicted molar refractivity (Wildman–Crippen MR) is 372 cm³/mol. The van der Waals surface area contributed by atoms with Crippen LogP contribution in [0.15, 0.2) is 191 Å². The average molecular weight is 1610 g/mol. The summed E-state index contributed by atoms with van der Waals surface area (Å²) in [6, 6.07) is 56.0. The molecule has 0 N–H and O–H groups in total. The maximum absolute atomic E-state index is 13.8. The summed E-state index contributed by atoms with van der Waals surface area (Å²) in [5.41, 5.74) is -0.340. The third-order valence-corrected chi connectivity index (χ3v) is 22.6. The molecule has 0 spiro atoms. The number of ether oxygens (including phenoxy) is 7. The molecule has 34 heteroatoms. The number of carbonyl (C=O) groups excluding carboxylic acids is 5. The van der Waals surface area contributed by atoms with Crippen molar-refractivity contribution in [2.45, 2.75) is 156 Å². The van der Waals surface area contributed by atoms with E-state index >= 15 is 0 Å². The van der Waals surface area contributed by atoms with Gasteiger partial charge in [0.25, 0.3) is 12.2 Å². The highest BCUT2D eigenvalue weighted by Gasteiger charge is 2.64. The zero-order chi connectivity index (χ0) is 80.4. The molecule has 0 amide bonds. The lowest BCUT2D eigenvalue weighted by Gasteiger charge is -2.29. The first-order chi connectivity index (χ1) is 50.3. The molecule has 1 aliphatic rings. The number of carbonyl (C=O) groups is 5. The smallest absolute Gasteiger partial charge is 0.432 e. The van der Waals surface area contributed by atoms with Gasteiger partial charge in [0.05, 0.1) is 57.5 Å². The number of fused-ring (bicyclic) bond motifs is 3. The maximum atomic E-state index is 13.8. The Morgan fingerprint density at radius 2 is 0.935 bits per heavy atom. The van der Waals surface area contributed by atoms with Crippen LogP contribution in [0.25, 0.3) is 25.1 Å². The molecule has 0 bridgehead atoms. The molecule has 18 nitrogen and oxygen atoms in total. The monoisotopic (exact) mass is 1610 g/mol. The van der Waals surface area contributed by atoms with Crippen LogP contribution in [0.2, 0.25) is 0 Å². The van der Waals surface area contributed by atoms with Gasteiger partial charge in [-0.1, -0.05) is 80.6 Å². The summed E-state index contributed by atoms with van der Waals surface area (Å²) in [6.07, 6.45) is -19.7. The van der Waals surface area contributed by atoms with Crippen LogP contribution in [0.5, 0.6) is 5.75 Å². The minimum absolute atomic E-state index is 0.180. The van der Waals surface area contributed by atoms with Crippen molar-refractivity contribution in [3.05, 3.63) is 199 Å². The first-order valence-corrected chi connectivity index (χ1v) is 38.1. The number of alkyl halides is 10. The molecule has 1 aliphatic heterocycles. The van der Waals surface area contributed by atoms with E-state index in [4.69, 9.17) is 14.2 Å². The predicted octanol–water partition coefficient (Wildman–Crippen LogP) is 17.6. The van der Waals surface area contributed by atoms with Crippen molar-refractivity contribution in [2.75, 3.05) is 19.8 Å². The second kappa shape index (κ2) is 37.5. The Labute approximate surface area is 619 Å². The molecule has 2 heterocycles. The summed E-state index contributed by atoms with van der Waals surface area (Å²) >= 11 is 0. The van der Waals surface area contributed by atoms with Gasteiger partial charge in [-0.2, -0.15) is 43.9 Å². The Kier molecular flexibility index (Phi) is 30.6. The quantitative estimate of drug-likeness (QED) is 0.0169. The van der Waals surface area contributed by atoms with Crippen molar-refractivity contribution < 1.29 is 136 Å². The van der Waals surface area contributed by atoms with E-state index in [1.807, 2.05) is 110 Å². The van der Waals surface area contributed by atoms with Gasteiger partial charge >= 0.3 is 52.7 Å². The molecule has 1 saturated heterocycles. The van der Waals surface area contributed by atoms with Crippen molar-refractivity contribution in [3.63, 3.8) is 0 Å². The van der Waals surface area contributed by atoms with Gasteiger partial charge in [-0.3, -0.25) is 19.2 Å². The molecule has 8 aromatic rings. The summed E-state index contributed by atoms with van der Waals surface area (Å²) in [5, 5.41) is -10.3. The van der Waals surface area contributed by atoms with Gasteiger partial charge in [-0.15, -0.1) is 0 Å². The van der Waals surface area contributed by atoms with E-state index in [1.54, 1.807) is 13.8 Å². The second-order valence-electron chi connectivity index (χ2n) is 25.0. The van der Waals surface area contributed by atoms with Crippen molar-refractivity contribution in [3.8, 4) is 10.6 Å². The molecule has 108 heavy (non-hydrogen) atoms. The SMILES string of the molecule is CC(OC(=O)c1ccc([S+](c2ccccc2)c2ccccc2)cc1)c1ccccc1.CCC(C)(C)C(=O)OCCC(=O)OC(C(F)(F)F)C(F)(F)S(=O)(=O)[O-].CCC(C)(C)C(=O)OCCC(=O)OC(C(F)(F)F)C(F)(F)S(=O)(=O)[O-].Fc1ccc2c(c1)c1cc(F)ccc1[s+]2-c1ccc(OC2CCCCO2)cc1. The fraction of sp³-hybridized carbons (Fsp3) is 0.365. The largest absolute Gasteiger partial charge is 0.743 e. The van der Waals surface area contributed by atoms with Crippen molar-refractivity contribution >= 4 is 91.6 Å². The number of esters is 5. The van der Waals surface area contributed by atoms with Crippen LogP contribution in [-0.2, 0) is 78.7 Å². The molecular weight excluding hydrogens is 1530 g/mol. The van der Waals surface area contributed by atoms with Crippen LogP contribution in [0.3, 0.4) is 0 Å². The average Bonchev–Trinajstić information content (AvgIpc) is 1.55. The van der Waals surface area contributed by atoms with E-state index in [-0.39, 0.29) is 40.9 Å². The molecular formula is C74H74F12O18S4. The Hall–Kier alpha value is -8.80. The highest BCUT2D eigenvalue weighted by Crippen LogP contribution is 2.49. The molecule has 1 fully saturated rings. The van der Waals surface area contributed by atoms with Crippen LogP contribution in [0.4, 0.5) is 52.7 Å². The molecule has 0 radical (unpaired) electrons. The first kappa shape index (κ1) is 88.1. The lowest BCUT2D eigenvalue weighted by molar-refractivity contribution is -0.259. The summed E-state index contributed by atoms with van der Waals surface area (Å²) in [7, 11) is -14.1. The molecule has 586 valence electrons. The van der Waals surface area contributed by atoms with Crippen molar-refractivity contribution in [1.29, 1.82) is 0 Å². The zero-order valence-corrected chi connectivity index (χ0v) is 61.9. The topological polar surface area (TPSA) is 264 Å². The summed E-state index contributed by atoms with van der Waals surface area (Å²) in [6.45, 7) is 10.4. The highest BCUT2D eigenvalue weighted by molar-refractivity contribution is 7.97. The van der Waals surface area contributed by atoms with E-state index in [0.717, 1.165) is 62.3 Å². The van der Waals surface area contributed by atoms with Crippen molar-refractivity contribution in [1.82, 2.24) is 0 Å². The van der Waals surface area contributed by atoms with Gasteiger partial charge in [0.2, 0.25) is 0 Å². The standard InChI is InChI=1S/C27H23O2S.C23H19F2O2S.2C12H17F5O7S/c1-21(22-11-5-2-6-12-22)29-27(28)23-17-19-26(20-18-23)30(24-13-7-3-8-14-24)25-15-9-4-10-16-25;24-15-4-10-21-19(13-15)20-14-16(25)5-11-22(20)28(21)18-8-6-17(7-9-18)27-23-3-1-2-12-26-23;2*1-4-10(2,3)9(19)23-6-5-7(18)24-8(11(13,14)15)12(16,17)25(20,21)22/h2-21H,1H3;4-11,13-14,23H,1-3,12H2;2*8H,4-6H2,1-3H3,(H,20,21,22)/q2*+1;;/p-2. The lowest BCUT2D eigenvalue weighted by Crippen LogP contribution is -2.52. The fourth-order valence-electron chi connectivity index (χ4n) is 9.46. The van der Waals surface area contributed by atoms with E-state index in [0.29, 0.717) is 18.4 Å². The molecule has 0 saturated carbocycles. The van der Waals surface area contributed by atoms with Gasteiger partial charge in [0.1, 0.15) is 36.7 Å². The van der Waals surface area contributed by atoms with Crippen LogP contribution < -0.4 is 4.74 Å². The van der Waals surface area contributed by atoms with Crippen LogP contribution >= 0.6 is 10.5 Å². The van der Waals surface area contributed by atoms with Gasteiger partial charge in [0.15, 0.2) is 55.5 Å². The highest BCUT2D eigenvalue weighted by atomic mass is 32.2. The van der Waals surface area contributed by atoms with E-state index < -0.39 is 127 Å². The van der Waals surface area contributed by atoms with E-state index in [2.05, 4.69) is 67.5 Å². The Bertz CT molecular complexity index is 4360. The molecule has 0 aliphatic carbocycles. The molecule has 7 aromatic carbocycles. The second-order valence-corrected chi connectivity index (χ2v) is 31.9. The number of hydrogen-bond acceptors (Lipinski definition) is 18. The number of halogens is 12. The minimum atomic E-state index is -6.75. The molecule has 4 unspecified atom stereocenters. The molecule has 4 atom stereocenters. The van der Waals surface area contributed by atoms with E-state index in [1.165, 1.54) is 66.6 Å². The van der Waals surface area contributed by atoms with Gasteiger partial charge in [-0.25, -0.2) is 30.4 Å². The Morgan fingerprint density at radius 1 is 0.537 bits per heavy atom. The minimum Gasteiger partial charge on any atom is -0.743 e. The van der Waals surface area contributed by atoms with Crippen LogP contribution in [-0.4, -0.2) is 117 Å². The van der Waals surface area contributed by atoms with E-state index in [9.17, 15) is 103 Å².